The number of benzene rings is 1. The molecule has 18 heavy (non-hydrogen) atoms. The highest BCUT2D eigenvalue weighted by molar-refractivity contribution is 9.10. The minimum Gasteiger partial charge on any atom is -0.388 e. The lowest BCUT2D eigenvalue weighted by Gasteiger charge is -2.25. The number of carbonyl (C=O) groups excluding carboxylic acids is 1. The molecule has 0 saturated carbocycles. The van der Waals surface area contributed by atoms with E-state index in [0.29, 0.717) is 18.5 Å². The Morgan fingerprint density at radius 1 is 1.28 bits per heavy atom. The molecule has 0 aliphatic rings. The number of urea groups is 1. The van der Waals surface area contributed by atoms with Gasteiger partial charge in [-0.05, 0) is 37.1 Å². The Balaban J connectivity index is 2.45. The predicted molar refractivity (Wildman–Crippen MR) is 76.7 cm³/mol. The molecule has 0 aliphatic carbocycles. The molecule has 0 spiro atoms. The molecule has 2 amide bonds. The summed E-state index contributed by atoms with van der Waals surface area (Å²) in [7, 11) is 0. The lowest BCUT2D eigenvalue weighted by molar-refractivity contribution is 0.0354. The minimum absolute atomic E-state index is 0.252. The van der Waals surface area contributed by atoms with Crippen LogP contribution in [0, 0.1) is 0 Å². The van der Waals surface area contributed by atoms with Crippen LogP contribution in [0.2, 0.25) is 0 Å². The fourth-order valence-electron chi connectivity index (χ4n) is 1.45. The molecule has 1 aromatic carbocycles. The van der Waals surface area contributed by atoms with E-state index in [1.807, 2.05) is 26.0 Å². The van der Waals surface area contributed by atoms with Crippen LogP contribution in [-0.4, -0.2) is 23.3 Å². The molecule has 4 nitrogen and oxygen atoms in total. The number of nitrogens with one attached hydrogen (secondary N) is 2. The number of carbonyl (C=O) groups is 1. The van der Waals surface area contributed by atoms with Crippen LogP contribution in [0.4, 0.5) is 10.5 Å². The molecule has 0 saturated heterocycles. The van der Waals surface area contributed by atoms with E-state index in [0.717, 1.165) is 4.47 Å². The van der Waals surface area contributed by atoms with Gasteiger partial charge in [0.2, 0.25) is 0 Å². The zero-order chi connectivity index (χ0) is 13.6. The summed E-state index contributed by atoms with van der Waals surface area (Å²) in [6.45, 7) is 4.05. The Morgan fingerprint density at radius 3 is 2.33 bits per heavy atom. The molecule has 5 heteroatoms. The third kappa shape index (κ3) is 4.66. The van der Waals surface area contributed by atoms with Crippen molar-refractivity contribution in [3.63, 3.8) is 0 Å². The summed E-state index contributed by atoms with van der Waals surface area (Å²) >= 11 is 3.33. The summed E-state index contributed by atoms with van der Waals surface area (Å²) in [6, 6.07) is 7.00. The van der Waals surface area contributed by atoms with Crippen LogP contribution in [0.15, 0.2) is 28.7 Å². The fraction of sp³-hybridized carbons (Fsp3) is 0.462. The average molecular weight is 315 g/mol. The first-order chi connectivity index (χ1) is 8.49. The van der Waals surface area contributed by atoms with Crippen molar-refractivity contribution < 1.29 is 9.90 Å². The maximum absolute atomic E-state index is 11.6. The van der Waals surface area contributed by atoms with Crippen molar-refractivity contribution in [2.24, 2.45) is 0 Å². The van der Waals surface area contributed by atoms with Gasteiger partial charge in [-0.3, -0.25) is 0 Å². The molecule has 0 radical (unpaired) electrons. The maximum atomic E-state index is 11.6. The molecular formula is C13H19BrN2O2. The molecule has 100 valence electrons. The van der Waals surface area contributed by atoms with E-state index < -0.39 is 5.60 Å². The van der Waals surface area contributed by atoms with Crippen LogP contribution < -0.4 is 10.6 Å². The Kier molecular flexibility index (Phi) is 5.62. The van der Waals surface area contributed by atoms with Gasteiger partial charge in [-0.1, -0.05) is 29.8 Å². The number of halogens is 1. The van der Waals surface area contributed by atoms with Gasteiger partial charge < -0.3 is 15.7 Å². The largest absolute Gasteiger partial charge is 0.388 e. The second kappa shape index (κ2) is 6.75. The highest BCUT2D eigenvalue weighted by atomic mass is 79.9. The van der Waals surface area contributed by atoms with E-state index in [1.54, 1.807) is 12.1 Å². The Morgan fingerprint density at radius 2 is 1.83 bits per heavy atom. The standard InChI is InChI=1S/C13H19BrN2O2/c1-3-13(18,4-2)9-15-12(17)16-11-7-5-10(14)6-8-11/h5-8,18H,3-4,9H2,1-2H3,(H2,15,16,17). The molecular weight excluding hydrogens is 296 g/mol. The van der Waals surface area contributed by atoms with E-state index in [1.165, 1.54) is 0 Å². The van der Waals surface area contributed by atoms with Crippen LogP contribution in [0.1, 0.15) is 26.7 Å². The number of amides is 2. The second-order valence-electron chi connectivity index (χ2n) is 4.25. The van der Waals surface area contributed by atoms with Crippen LogP contribution in [0.5, 0.6) is 0 Å². The van der Waals surface area contributed by atoms with Gasteiger partial charge in [-0.15, -0.1) is 0 Å². The van der Waals surface area contributed by atoms with E-state index in [2.05, 4.69) is 26.6 Å². The van der Waals surface area contributed by atoms with Crippen LogP contribution in [0.25, 0.3) is 0 Å². The Hall–Kier alpha value is -1.07. The third-order valence-electron chi connectivity index (χ3n) is 3.00. The van der Waals surface area contributed by atoms with Gasteiger partial charge in [-0.2, -0.15) is 0 Å². The first kappa shape index (κ1) is 15.0. The molecule has 0 aliphatic heterocycles. The molecule has 1 rings (SSSR count). The molecule has 0 fully saturated rings. The van der Waals surface area contributed by atoms with E-state index in [9.17, 15) is 9.90 Å². The van der Waals surface area contributed by atoms with Crippen molar-refractivity contribution in [2.45, 2.75) is 32.3 Å². The van der Waals surface area contributed by atoms with Crippen LogP contribution in [0.3, 0.4) is 0 Å². The molecule has 1 aromatic rings. The second-order valence-corrected chi connectivity index (χ2v) is 5.16. The van der Waals surface area contributed by atoms with Gasteiger partial charge in [0.05, 0.1) is 5.60 Å². The van der Waals surface area contributed by atoms with Crippen molar-refractivity contribution in [2.75, 3.05) is 11.9 Å². The van der Waals surface area contributed by atoms with E-state index >= 15 is 0 Å². The first-order valence-corrected chi connectivity index (χ1v) is 6.81. The summed E-state index contributed by atoms with van der Waals surface area (Å²) in [4.78, 5) is 11.6. The van der Waals surface area contributed by atoms with Crippen molar-refractivity contribution in [1.82, 2.24) is 5.32 Å². The van der Waals surface area contributed by atoms with E-state index in [4.69, 9.17) is 0 Å². The van der Waals surface area contributed by atoms with Crippen molar-refractivity contribution in [3.05, 3.63) is 28.7 Å². The summed E-state index contributed by atoms with van der Waals surface area (Å²) in [6.07, 6.45) is 1.23. The monoisotopic (exact) mass is 314 g/mol. The summed E-state index contributed by atoms with van der Waals surface area (Å²) in [5.74, 6) is 0. The van der Waals surface area contributed by atoms with Gasteiger partial charge >= 0.3 is 6.03 Å². The van der Waals surface area contributed by atoms with E-state index in [-0.39, 0.29) is 12.6 Å². The Labute approximate surface area is 116 Å². The summed E-state index contributed by atoms with van der Waals surface area (Å²) < 4.78 is 0.958. The zero-order valence-corrected chi connectivity index (χ0v) is 12.3. The van der Waals surface area contributed by atoms with Crippen molar-refractivity contribution in [1.29, 1.82) is 0 Å². The normalized spacial score (nSPS) is 11.1. The van der Waals surface area contributed by atoms with Gasteiger partial charge in [0.25, 0.3) is 0 Å². The highest BCUT2D eigenvalue weighted by Crippen LogP contribution is 2.15. The summed E-state index contributed by atoms with van der Waals surface area (Å²) in [5.41, 5.74) is -0.107. The third-order valence-corrected chi connectivity index (χ3v) is 3.52. The number of anilines is 1. The minimum atomic E-state index is -0.822. The van der Waals surface area contributed by atoms with Gasteiger partial charge in [0.15, 0.2) is 0 Å². The molecule has 0 atom stereocenters. The van der Waals surface area contributed by atoms with Crippen molar-refractivity contribution in [3.8, 4) is 0 Å². The lowest BCUT2D eigenvalue weighted by Crippen LogP contribution is -2.43. The first-order valence-electron chi connectivity index (χ1n) is 6.02. The van der Waals surface area contributed by atoms with Crippen LogP contribution >= 0.6 is 15.9 Å². The SMILES string of the molecule is CCC(O)(CC)CNC(=O)Nc1ccc(Br)cc1. The number of hydrogen-bond donors (Lipinski definition) is 3. The maximum Gasteiger partial charge on any atom is 0.319 e. The lowest BCUT2D eigenvalue weighted by atomic mass is 9.98. The van der Waals surface area contributed by atoms with Gasteiger partial charge in [0.1, 0.15) is 0 Å². The zero-order valence-electron chi connectivity index (χ0n) is 10.7. The van der Waals surface area contributed by atoms with Crippen molar-refractivity contribution >= 4 is 27.6 Å². The number of rotatable bonds is 5. The predicted octanol–water partition coefficient (Wildman–Crippen LogP) is 3.12. The van der Waals surface area contributed by atoms with Crippen LogP contribution in [-0.2, 0) is 0 Å². The fourth-order valence-corrected chi connectivity index (χ4v) is 1.72. The quantitative estimate of drug-likeness (QED) is 0.782. The molecule has 0 bridgehead atoms. The highest BCUT2D eigenvalue weighted by Gasteiger charge is 2.22. The number of aliphatic hydroxyl groups is 1. The molecule has 3 N–H and O–H groups in total. The molecule has 0 aromatic heterocycles. The summed E-state index contributed by atoms with van der Waals surface area (Å²) in [5, 5.41) is 15.4. The average Bonchev–Trinajstić information content (AvgIpc) is 2.39. The Bertz CT molecular complexity index is 388. The van der Waals surface area contributed by atoms with Gasteiger partial charge in [-0.25, -0.2) is 4.79 Å². The van der Waals surface area contributed by atoms with Gasteiger partial charge in [0, 0.05) is 16.7 Å². The smallest absolute Gasteiger partial charge is 0.319 e. The topological polar surface area (TPSA) is 61.4 Å². The number of hydrogen-bond acceptors (Lipinski definition) is 2. The molecule has 0 unspecified atom stereocenters. The molecule has 0 heterocycles.